The molecule has 84 valence electrons. The van der Waals surface area contributed by atoms with E-state index in [9.17, 15) is 4.39 Å². The monoisotopic (exact) mass is 212 g/mol. The van der Waals surface area contributed by atoms with Gasteiger partial charge >= 0.3 is 0 Å². The van der Waals surface area contributed by atoms with Crippen LogP contribution in [0.4, 0.5) is 4.39 Å². The number of ether oxygens (including phenoxy) is 1. The largest absolute Gasteiger partial charge is 0.497 e. The van der Waals surface area contributed by atoms with Gasteiger partial charge in [-0.05, 0) is 12.5 Å². The molecule has 1 rings (SSSR count). The first-order valence-electron chi connectivity index (χ1n) is 5.02. The molecule has 0 aliphatic carbocycles. The summed E-state index contributed by atoms with van der Waals surface area (Å²) in [7, 11) is 1.51. The molecule has 4 heteroatoms. The number of nitrogens with one attached hydrogen (secondary N) is 1. The van der Waals surface area contributed by atoms with Crippen LogP contribution >= 0.6 is 0 Å². The van der Waals surface area contributed by atoms with Crippen molar-refractivity contribution in [1.82, 2.24) is 5.43 Å². The van der Waals surface area contributed by atoms with Crippen molar-refractivity contribution in [3.8, 4) is 5.75 Å². The molecular formula is C11H17FN2O. The van der Waals surface area contributed by atoms with Crippen molar-refractivity contribution in [2.24, 2.45) is 5.84 Å². The Morgan fingerprint density at radius 3 is 2.73 bits per heavy atom. The number of benzene rings is 1. The van der Waals surface area contributed by atoms with Gasteiger partial charge in [0, 0.05) is 17.7 Å². The molecule has 3 N–H and O–H groups in total. The fraction of sp³-hybridized carbons (Fsp3) is 0.455. The van der Waals surface area contributed by atoms with Crippen LogP contribution in [0.1, 0.15) is 31.4 Å². The summed E-state index contributed by atoms with van der Waals surface area (Å²) in [5.74, 6) is 5.61. The standard InChI is InChI=1S/C11H17FN2O/c1-3-4-11(14-13)9-6-5-8(15-2)7-10(9)12/h5-7,11,14H,3-4,13H2,1-2H3. The summed E-state index contributed by atoms with van der Waals surface area (Å²) in [4.78, 5) is 0. The van der Waals surface area contributed by atoms with E-state index >= 15 is 0 Å². The van der Waals surface area contributed by atoms with Crippen LogP contribution in [0.15, 0.2) is 18.2 Å². The molecule has 1 aromatic rings. The number of hydrogen-bond donors (Lipinski definition) is 2. The molecule has 0 spiro atoms. The number of halogens is 1. The maximum absolute atomic E-state index is 13.6. The summed E-state index contributed by atoms with van der Waals surface area (Å²) in [6.07, 6.45) is 1.75. The Morgan fingerprint density at radius 2 is 2.27 bits per heavy atom. The Kier molecular flexibility index (Phi) is 4.52. The lowest BCUT2D eigenvalue weighted by molar-refractivity contribution is 0.408. The normalized spacial score (nSPS) is 12.5. The van der Waals surface area contributed by atoms with Crippen LogP contribution in [-0.2, 0) is 0 Å². The molecule has 0 aliphatic heterocycles. The first kappa shape index (κ1) is 11.9. The summed E-state index contributed by atoms with van der Waals surface area (Å²) in [6.45, 7) is 2.03. The second-order valence-electron chi connectivity index (χ2n) is 3.40. The molecule has 3 nitrogen and oxygen atoms in total. The second-order valence-corrected chi connectivity index (χ2v) is 3.40. The van der Waals surface area contributed by atoms with Crippen molar-refractivity contribution in [3.63, 3.8) is 0 Å². The van der Waals surface area contributed by atoms with E-state index in [0.717, 1.165) is 12.8 Å². The van der Waals surface area contributed by atoms with E-state index < -0.39 is 0 Å². The second kappa shape index (κ2) is 5.68. The third-order valence-electron chi connectivity index (χ3n) is 2.36. The average molecular weight is 212 g/mol. The maximum atomic E-state index is 13.6. The van der Waals surface area contributed by atoms with Crippen LogP contribution in [0.25, 0.3) is 0 Å². The fourth-order valence-corrected chi connectivity index (χ4v) is 1.53. The third kappa shape index (κ3) is 2.91. The first-order chi connectivity index (χ1) is 7.22. The zero-order chi connectivity index (χ0) is 11.3. The van der Waals surface area contributed by atoms with Gasteiger partial charge in [0.05, 0.1) is 7.11 Å². The molecule has 0 saturated heterocycles. The van der Waals surface area contributed by atoms with Crippen LogP contribution in [0, 0.1) is 5.82 Å². The minimum atomic E-state index is -0.286. The fourth-order valence-electron chi connectivity index (χ4n) is 1.53. The van der Waals surface area contributed by atoms with Gasteiger partial charge in [-0.15, -0.1) is 0 Å². The Hall–Kier alpha value is -1.13. The summed E-state index contributed by atoms with van der Waals surface area (Å²) >= 11 is 0. The van der Waals surface area contributed by atoms with Gasteiger partial charge in [0.1, 0.15) is 11.6 Å². The van der Waals surface area contributed by atoms with E-state index in [1.54, 1.807) is 12.1 Å². The molecule has 0 heterocycles. The van der Waals surface area contributed by atoms with Gasteiger partial charge in [-0.3, -0.25) is 11.3 Å². The van der Waals surface area contributed by atoms with Crippen molar-refractivity contribution >= 4 is 0 Å². The van der Waals surface area contributed by atoms with Gasteiger partial charge in [-0.1, -0.05) is 19.4 Å². The molecule has 1 atom stereocenters. The number of nitrogens with two attached hydrogens (primary N) is 1. The minimum Gasteiger partial charge on any atom is -0.497 e. The van der Waals surface area contributed by atoms with E-state index in [1.165, 1.54) is 13.2 Å². The predicted octanol–water partition coefficient (Wildman–Crippen LogP) is 2.14. The molecule has 15 heavy (non-hydrogen) atoms. The van der Waals surface area contributed by atoms with E-state index in [-0.39, 0.29) is 11.9 Å². The Morgan fingerprint density at radius 1 is 1.53 bits per heavy atom. The maximum Gasteiger partial charge on any atom is 0.131 e. The van der Waals surface area contributed by atoms with Crippen molar-refractivity contribution in [2.45, 2.75) is 25.8 Å². The number of rotatable bonds is 5. The quantitative estimate of drug-likeness (QED) is 0.580. The Balaban J connectivity index is 2.92. The van der Waals surface area contributed by atoms with Crippen LogP contribution in [0.2, 0.25) is 0 Å². The van der Waals surface area contributed by atoms with Crippen molar-refractivity contribution < 1.29 is 9.13 Å². The topological polar surface area (TPSA) is 47.3 Å². The van der Waals surface area contributed by atoms with Gasteiger partial charge in [-0.25, -0.2) is 4.39 Å². The summed E-state index contributed by atoms with van der Waals surface area (Å²) in [5.41, 5.74) is 3.20. The summed E-state index contributed by atoms with van der Waals surface area (Å²) in [6, 6.07) is 4.67. The zero-order valence-corrected chi connectivity index (χ0v) is 9.09. The van der Waals surface area contributed by atoms with Crippen LogP contribution in [0.3, 0.4) is 0 Å². The van der Waals surface area contributed by atoms with Crippen LogP contribution < -0.4 is 16.0 Å². The van der Waals surface area contributed by atoms with E-state index in [2.05, 4.69) is 5.43 Å². The van der Waals surface area contributed by atoms with Gasteiger partial charge in [-0.2, -0.15) is 0 Å². The van der Waals surface area contributed by atoms with E-state index in [0.29, 0.717) is 11.3 Å². The molecule has 1 unspecified atom stereocenters. The SMILES string of the molecule is CCCC(NN)c1ccc(OC)cc1F. The molecule has 0 fully saturated rings. The highest BCUT2D eigenvalue weighted by Crippen LogP contribution is 2.24. The Labute approximate surface area is 89.4 Å². The lowest BCUT2D eigenvalue weighted by Crippen LogP contribution is -2.28. The average Bonchev–Trinajstić information content (AvgIpc) is 2.26. The molecule has 0 bridgehead atoms. The highest BCUT2D eigenvalue weighted by Gasteiger charge is 2.13. The zero-order valence-electron chi connectivity index (χ0n) is 9.09. The predicted molar refractivity (Wildman–Crippen MR) is 57.9 cm³/mol. The third-order valence-corrected chi connectivity index (χ3v) is 2.36. The molecule has 1 aromatic carbocycles. The summed E-state index contributed by atoms with van der Waals surface area (Å²) < 4.78 is 18.6. The van der Waals surface area contributed by atoms with Crippen molar-refractivity contribution in [3.05, 3.63) is 29.6 Å². The van der Waals surface area contributed by atoms with Gasteiger partial charge in [0.15, 0.2) is 0 Å². The number of hydrogen-bond acceptors (Lipinski definition) is 3. The highest BCUT2D eigenvalue weighted by atomic mass is 19.1. The minimum absolute atomic E-state index is 0.138. The van der Waals surface area contributed by atoms with Crippen LogP contribution in [-0.4, -0.2) is 7.11 Å². The van der Waals surface area contributed by atoms with E-state index in [4.69, 9.17) is 10.6 Å². The van der Waals surface area contributed by atoms with Crippen molar-refractivity contribution in [1.29, 1.82) is 0 Å². The molecular weight excluding hydrogens is 195 g/mol. The molecule has 0 amide bonds. The molecule has 0 aromatic heterocycles. The molecule has 0 radical (unpaired) electrons. The van der Waals surface area contributed by atoms with Gasteiger partial charge < -0.3 is 4.74 Å². The van der Waals surface area contributed by atoms with Gasteiger partial charge in [0.25, 0.3) is 0 Å². The van der Waals surface area contributed by atoms with E-state index in [1.807, 2.05) is 6.92 Å². The lowest BCUT2D eigenvalue weighted by atomic mass is 10.0. The molecule has 0 aliphatic rings. The van der Waals surface area contributed by atoms with Crippen LogP contribution in [0.5, 0.6) is 5.75 Å². The number of methoxy groups -OCH3 is 1. The van der Waals surface area contributed by atoms with Gasteiger partial charge in [0.2, 0.25) is 0 Å². The summed E-state index contributed by atoms with van der Waals surface area (Å²) in [5, 5.41) is 0. The smallest absolute Gasteiger partial charge is 0.131 e. The first-order valence-corrected chi connectivity index (χ1v) is 5.02. The Bertz CT molecular complexity index is 317. The lowest BCUT2D eigenvalue weighted by Gasteiger charge is -2.16. The molecule has 0 saturated carbocycles. The highest BCUT2D eigenvalue weighted by molar-refractivity contribution is 5.30. The van der Waals surface area contributed by atoms with Crippen molar-refractivity contribution in [2.75, 3.05) is 7.11 Å². The number of hydrazine groups is 1.